The van der Waals surface area contributed by atoms with E-state index in [-0.39, 0.29) is 23.7 Å². The summed E-state index contributed by atoms with van der Waals surface area (Å²) in [4.78, 5) is 24.1. The van der Waals surface area contributed by atoms with Crippen LogP contribution in [-0.2, 0) is 19.1 Å². The van der Waals surface area contributed by atoms with Gasteiger partial charge in [-0.1, -0.05) is 6.07 Å². The number of allylic oxidation sites excluding steroid dienone is 2. The third-order valence-electron chi connectivity index (χ3n) is 3.25. The van der Waals surface area contributed by atoms with Gasteiger partial charge in [0.1, 0.15) is 11.3 Å². The molecule has 0 spiro atoms. The first-order valence-electron chi connectivity index (χ1n) is 7.06. The Balaban J connectivity index is 2.29. The van der Waals surface area contributed by atoms with Crippen LogP contribution in [-0.4, -0.2) is 32.6 Å². The molecule has 23 heavy (non-hydrogen) atoms. The van der Waals surface area contributed by atoms with E-state index in [2.05, 4.69) is 0 Å². The molecule has 0 saturated heterocycles. The average molecular weight is 318 g/mol. The van der Waals surface area contributed by atoms with Gasteiger partial charge < -0.3 is 18.9 Å². The number of methoxy groups -OCH3 is 2. The average Bonchev–Trinajstić information content (AvgIpc) is 2.81. The molecule has 0 radical (unpaired) electrons. The lowest BCUT2D eigenvalue weighted by molar-refractivity contribution is -0.139. The van der Waals surface area contributed by atoms with Gasteiger partial charge >= 0.3 is 5.97 Å². The minimum atomic E-state index is -0.675. The van der Waals surface area contributed by atoms with Gasteiger partial charge in [-0.05, 0) is 37.6 Å². The summed E-state index contributed by atoms with van der Waals surface area (Å²) in [6.45, 7) is 3.42. The van der Waals surface area contributed by atoms with Crippen LogP contribution in [0.25, 0.3) is 6.08 Å². The molecule has 0 saturated carbocycles. The molecule has 1 aromatic carbocycles. The number of benzene rings is 1. The van der Waals surface area contributed by atoms with Crippen molar-refractivity contribution in [1.29, 1.82) is 0 Å². The standard InChI is InChI=1S/C17H18O6/c1-5-22-17(19)15-10(2)23-14(16(15)18)9-11-6-7-12(20-3)13(8-11)21-4/h6-9H,5H2,1-4H3/b14-9+. The maximum Gasteiger partial charge on any atom is 0.345 e. The molecule has 0 N–H and O–H groups in total. The largest absolute Gasteiger partial charge is 0.493 e. The van der Waals surface area contributed by atoms with Gasteiger partial charge in [0.2, 0.25) is 5.78 Å². The number of carbonyl (C=O) groups excluding carboxylic acids is 2. The molecular formula is C17H18O6. The quantitative estimate of drug-likeness (QED) is 0.472. The molecule has 122 valence electrons. The van der Waals surface area contributed by atoms with Crippen molar-refractivity contribution in [2.45, 2.75) is 13.8 Å². The second-order valence-electron chi connectivity index (χ2n) is 4.71. The lowest BCUT2D eigenvalue weighted by Gasteiger charge is -2.08. The summed E-state index contributed by atoms with van der Waals surface area (Å²) in [5, 5.41) is 0. The molecule has 0 unspecified atom stereocenters. The van der Waals surface area contributed by atoms with E-state index >= 15 is 0 Å². The number of ketones is 1. The first-order valence-corrected chi connectivity index (χ1v) is 7.06. The fraction of sp³-hybridized carbons (Fsp3) is 0.294. The molecular weight excluding hydrogens is 300 g/mol. The van der Waals surface area contributed by atoms with Crippen molar-refractivity contribution >= 4 is 17.8 Å². The summed E-state index contributed by atoms with van der Waals surface area (Å²) in [5.74, 6) is 0.247. The van der Waals surface area contributed by atoms with E-state index in [9.17, 15) is 9.59 Å². The Labute approximate surface area is 134 Å². The van der Waals surface area contributed by atoms with Gasteiger partial charge in [-0.25, -0.2) is 4.79 Å². The second kappa shape index (κ2) is 7.00. The van der Waals surface area contributed by atoms with Gasteiger partial charge in [0.05, 0.1) is 20.8 Å². The topological polar surface area (TPSA) is 71.1 Å². The maximum absolute atomic E-state index is 12.3. The van der Waals surface area contributed by atoms with Crippen molar-refractivity contribution in [2.75, 3.05) is 20.8 Å². The number of Topliss-reactive ketones (excluding diaryl/α,β-unsaturated/α-hetero) is 1. The predicted octanol–water partition coefficient (Wildman–Crippen LogP) is 2.48. The summed E-state index contributed by atoms with van der Waals surface area (Å²) in [5.41, 5.74) is 0.613. The zero-order chi connectivity index (χ0) is 17.0. The SMILES string of the molecule is CCOC(=O)C1=C(C)O/C(=C/c2ccc(OC)c(OC)c2)C1=O. The highest BCUT2D eigenvalue weighted by molar-refractivity contribution is 6.26. The first kappa shape index (κ1) is 16.6. The summed E-state index contributed by atoms with van der Waals surface area (Å²) < 4.78 is 20.7. The minimum Gasteiger partial charge on any atom is -0.493 e. The molecule has 6 nitrogen and oxygen atoms in total. The van der Waals surface area contributed by atoms with Crippen molar-refractivity contribution in [2.24, 2.45) is 0 Å². The molecule has 1 aromatic rings. The van der Waals surface area contributed by atoms with Crippen LogP contribution < -0.4 is 9.47 Å². The van der Waals surface area contributed by atoms with E-state index in [0.717, 1.165) is 0 Å². The van der Waals surface area contributed by atoms with Crippen molar-refractivity contribution in [3.05, 3.63) is 40.9 Å². The van der Waals surface area contributed by atoms with Crippen LogP contribution in [0.2, 0.25) is 0 Å². The number of carbonyl (C=O) groups is 2. The van der Waals surface area contributed by atoms with Crippen molar-refractivity contribution in [3.63, 3.8) is 0 Å². The van der Waals surface area contributed by atoms with Crippen molar-refractivity contribution < 1.29 is 28.5 Å². The monoisotopic (exact) mass is 318 g/mol. The van der Waals surface area contributed by atoms with Gasteiger partial charge in [0.15, 0.2) is 17.3 Å². The molecule has 1 aliphatic rings. The van der Waals surface area contributed by atoms with E-state index in [0.29, 0.717) is 17.1 Å². The number of rotatable bonds is 5. The summed E-state index contributed by atoms with van der Waals surface area (Å²) in [6, 6.07) is 5.18. The van der Waals surface area contributed by atoms with Crippen LogP contribution in [0.4, 0.5) is 0 Å². The predicted molar refractivity (Wildman–Crippen MR) is 82.9 cm³/mol. The van der Waals surface area contributed by atoms with Crippen LogP contribution in [0.5, 0.6) is 11.5 Å². The van der Waals surface area contributed by atoms with Crippen LogP contribution >= 0.6 is 0 Å². The molecule has 0 amide bonds. The Hall–Kier alpha value is -2.76. The van der Waals surface area contributed by atoms with Gasteiger partial charge in [-0.15, -0.1) is 0 Å². The van der Waals surface area contributed by atoms with Crippen LogP contribution in [0, 0.1) is 0 Å². The second-order valence-corrected chi connectivity index (χ2v) is 4.71. The molecule has 0 fully saturated rings. The minimum absolute atomic E-state index is 0.0674. The highest BCUT2D eigenvalue weighted by atomic mass is 16.5. The third kappa shape index (κ3) is 3.36. The van der Waals surface area contributed by atoms with Gasteiger partial charge in [0.25, 0.3) is 0 Å². The first-order chi connectivity index (χ1) is 11.0. The Morgan fingerprint density at radius 2 is 1.91 bits per heavy atom. The fourth-order valence-electron chi connectivity index (χ4n) is 2.17. The van der Waals surface area contributed by atoms with Crippen molar-refractivity contribution in [1.82, 2.24) is 0 Å². The molecule has 6 heteroatoms. The number of hydrogen-bond acceptors (Lipinski definition) is 6. The zero-order valence-electron chi connectivity index (χ0n) is 13.5. The van der Waals surface area contributed by atoms with Gasteiger partial charge in [-0.2, -0.15) is 0 Å². The molecule has 1 heterocycles. The van der Waals surface area contributed by atoms with Gasteiger partial charge in [0, 0.05) is 0 Å². The van der Waals surface area contributed by atoms with E-state index < -0.39 is 11.8 Å². The summed E-state index contributed by atoms with van der Waals surface area (Å²) in [6.07, 6.45) is 1.54. The third-order valence-corrected chi connectivity index (χ3v) is 3.25. The van der Waals surface area contributed by atoms with Crippen LogP contribution in [0.3, 0.4) is 0 Å². The number of hydrogen-bond donors (Lipinski definition) is 0. The smallest absolute Gasteiger partial charge is 0.345 e. The molecule has 0 aromatic heterocycles. The number of esters is 1. The zero-order valence-corrected chi connectivity index (χ0v) is 13.5. The van der Waals surface area contributed by atoms with Gasteiger partial charge in [-0.3, -0.25) is 4.79 Å². The highest BCUT2D eigenvalue weighted by Gasteiger charge is 2.34. The normalized spacial score (nSPS) is 15.7. The maximum atomic E-state index is 12.3. The van der Waals surface area contributed by atoms with E-state index in [4.69, 9.17) is 18.9 Å². The van der Waals surface area contributed by atoms with Crippen LogP contribution in [0.15, 0.2) is 35.3 Å². The number of ether oxygens (including phenoxy) is 4. The summed E-state index contributed by atoms with van der Waals surface area (Å²) >= 11 is 0. The Morgan fingerprint density at radius 1 is 1.22 bits per heavy atom. The lowest BCUT2D eigenvalue weighted by atomic mass is 10.1. The fourth-order valence-corrected chi connectivity index (χ4v) is 2.17. The van der Waals surface area contributed by atoms with Crippen LogP contribution in [0.1, 0.15) is 19.4 Å². The van der Waals surface area contributed by atoms with E-state index in [1.165, 1.54) is 7.11 Å². The molecule has 0 aliphatic carbocycles. The Kier molecular flexibility index (Phi) is 5.05. The molecule has 2 rings (SSSR count). The Morgan fingerprint density at radius 3 is 2.52 bits per heavy atom. The summed E-state index contributed by atoms with van der Waals surface area (Å²) in [7, 11) is 3.06. The van der Waals surface area contributed by atoms with E-state index in [1.807, 2.05) is 0 Å². The highest BCUT2D eigenvalue weighted by Crippen LogP contribution is 2.31. The van der Waals surface area contributed by atoms with E-state index in [1.54, 1.807) is 45.2 Å². The molecule has 0 atom stereocenters. The Bertz CT molecular complexity index is 699. The van der Waals surface area contributed by atoms with Crippen molar-refractivity contribution in [3.8, 4) is 11.5 Å². The molecule has 1 aliphatic heterocycles. The lowest BCUT2D eigenvalue weighted by Crippen LogP contribution is -2.14. The molecule has 0 bridgehead atoms.